The Morgan fingerprint density at radius 3 is 2.74 bits per heavy atom. The van der Waals surface area contributed by atoms with Crippen LogP contribution in [0, 0.1) is 5.92 Å². The van der Waals surface area contributed by atoms with E-state index >= 15 is 0 Å². The van der Waals surface area contributed by atoms with Crippen LogP contribution in [0.25, 0.3) is 0 Å². The number of hydrogen-bond donors (Lipinski definition) is 2. The fourth-order valence-corrected chi connectivity index (χ4v) is 4.64. The van der Waals surface area contributed by atoms with Gasteiger partial charge in [-0.15, -0.1) is 12.4 Å². The summed E-state index contributed by atoms with van der Waals surface area (Å²) in [6.45, 7) is 1.21. The van der Waals surface area contributed by atoms with Crippen molar-refractivity contribution in [3.05, 3.63) is 29.3 Å². The van der Waals surface area contributed by atoms with Gasteiger partial charge in [0.1, 0.15) is 4.90 Å². The van der Waals surface area contributed by atoms with Crippen LogP contribution >= 0.6 is 24.0 Å². The first-order chi connectivity index (χ1) is 10.4. The van der Waals surface area contributed by atoms with Gasteiger partial charge in [0.25, 0.3) is 0 Å². The van der Waals surface area contributed by atoms with Gasteiger partial charge in [0, 0.05) is 13.1 Å². The molecule has 23 heavy (non-hydrogen) atoms. The summed E-state index contributed by atoms with van der Waals surface area (Å²) >= 11 is 6.00. The van der Waals surface area contributed by atoms with Crippen LogP contribution in [0.2, 0.25) is 5.02 Å². The van der Waals surface area contributed by atoms with E-state index in [1.54, 1.807) is 18.2 Å². The molecule has 1 saturated heterocycles. The minimum absolute atomic E-state index is 0. The number of hydrogen-bond acceptors (Lipinski definition) is 4. The highest BCUT2D eigenvalue weighted by Gasteiger charge is 2.31. The molecule has 1 unspecified atom stereocenters. The standard InChI is InChI=1S/C14H19ClN2O4S.ClH/c15-12-5-1-2-6-13(12)22(20,21)17-7-3-4-11(10-17)8-16-9-14(18)19;/h1-2,5-6,11,16H,3-4,7-10H2,(H,18,19);1H. The highest BCUT2D eigenvalue weighted by Crippen LogP contribution is 2.27. The van der Waals surface area contributed by atoms with Gasteiger partial charge in [-0.05, 0) is 37.4 Å². The van der Waals surface area contributed by atoms with E-state index in [1.807, 2.05) is 0 Å². The normalized spacial score (nSPS) is 19.1. The van der Waals surface area contributed by atoms with Crippen LogP contribution in [0.1, 0.15) is 12.8 Å². The second-order valence-electron chi connectivity index (χ2n) is 5.33. The van der Waals surface area contributed by atoms with Crippen molar-refractivity contribution >= 4 is 40.0 Å². The molecule has 0 spiro atoms. The summed E-state index contributed by atoms with van der Waals surface area (Å²) in [7, 11) is -3.61. The minimum atomic E-state index is -3.61. The molecule has 1 atom stereocenters. The Kier molecular flexibility index (Phi) is 7.76. The Labute approximate surface area is 147 Å². The van der Waals surface area contributed by atoms with Gasteiger partial charge in [-0.2, -0.15) is 4.31 Å². The second-order valence-corrected chi connectivity index (χ2v) is 7.64. The summed E-state index contributed by atoms with van der Waals surface area (Å²) in [6, 6.07) is 6.40. The monoisotopic (exact) mass is 382 g/mol. The highest BCUT2D eigenvalue weighted by molar-refractivity contribution is 7.89. The van der Waals surface area contributed by atoms with Crippen molar-refractivity contribution in [2.75, 3.05) is 26.2 Å². The first-order valence-electron chi connectivity index (χ1n) is 7.08. The molecule has 9 heteroatoms. The molecule has 6 nitrogen and oxygen atoms in total. The number of piperidine rings is 1. The molecule has 1 aromatic rings. The van der Waals surface area contributed by atoms with Crippen LogP contribution in [0.3, 0.4) is 0 Å². The highest BCUT2D eigenvalue weighted by atomic mass is 35.5. The van der Waals surface area contributed by atoms with E-state index in [0.29, 0.717) is 19.6 Å². The number of aliphatic carboxylic acids is 1. The maximum Gasteiger partial charge on any atom is 0.317 e. The first-order valence-corrected chi connectivity index (χ1v) is 8.90. The number of nitrogens with one attached hydrogen (secondary N) is 1. The third kappa shape index (κ3) is 5.32. The summed E-state index contributed by atoms with van der Waals surface area (Å²) in [4.78, 5) is 10.6. The topological polar surface area (TPSA) is 86.7 Å². The Hall–Kier alpha value is -0.860. The number of benzene rings is 1. The number of carboxylic acid groups (broad SMARTS) is 1. The van der Waals surface area contributed by atoms with Crippen molar-refractivity contribution in [3.8, 4) is 0 Å². The Bertz CT molecular complexity index is 639. The number of halogens is 2. The van der Waals surface area contributed by atoms with Gasteiger partial charge in [-0.1, -0.05) is 23.7 Å². The summed E-state index contributed by atoms with van der Waals surface area (Å²) in [5.74, 6) is -0.818. The molecule has 0 bridgehead atoms. The van der Waals surface area contributed by atoms with Gasteiger partial charge < -0.3 is 10.4 Å². The average Bonchev–Trinajstić information content (AvgIpc) is 2.47. The van der Waals surface area contributed by atoms with Gasteiger partial charge in [-0.3, -0.25) is 4.79 Å². The van der Waals surface area contributed by atoms with Crippen LogP contribution in [-0.4, -0.2) is 50.0 Å². The average molecular weight is 383 g/mol. The number of rotatable bonds is 6. The summed E-state index contributed by atoms with van der Waals surface area (Å²) in [5, 5.41) is 11.7. The lowest BCUT2D eigenvalue weighted by Gasteiger charge is -2.32. The summed E-state index contributed by atoms with van der Waals surface area (Å²) in [5.41, 5.74) is 0. The zero-order valence-corrected chi connectivity index (χ0v) is 14.8. The molecular formula is C14H20Cl2N2O4S. The van der Waals surface area contributed by atoms with Gasteiger partial charge in [-0.25, -0.2) is 8.42 Å². The molecule has 1 aliphatic heterocycles. The smallest absolute Gasteiger partial charge is 0.317 e. The Balaban J connectivity index is 0.00000264. The zero-order chi connectivity index (χ0) is 16.2. The SMILES string of the molecule is Cl.O=C(O)CNCC1CCCN(S(=O)(=O)c2ccccc2Cl)C1. The molecule has 2 N–H and O–H groups in total. The first kappa shape index (κ1) is 20.2. The molecule has 0 radical (unpaired) electrons. The Morgan fingerprint density at radius 1 is 1.39 bits per heavy atom. The fourth-order valence-electron chi connectivity index (χ4n) is 2.59. The predicted octanol–water partition coefficient (Wildman–Crippen LogP) is 1.84. The molecule has 1 aliphatic rings. The maximum atomic E-state index is 12.7. The van der Waals surface area contributed by atoms with E-state index in [1.165, 1.54) is 10.4 Å². The van der Waals surface area contributed by atoms with Crippen molar-refractivity contribution in [2.24, 2.45) is 5.92 Å². The molecule has 1 heterocycles. The van der Waals surface area contributed by atoms with Crippen LogP contribution in [-0.2, 0) is 14.8 Å². The molecule has 1 fully saturated rings. The largest absolute Gasteiger partial charge is 0.480 e. The van der Waals surface area contributed by atoms with Crippen molar-refractivity contribution in [3.63, 3.8) is 0 Å². The minimum Gasteiger partial charge on any atom is -0.480 e. The number of carboxylic acids is 1. The lowest BCUT2D eigenvalue weighted by molar-refractivity contribution is -0.136. The van der Waals surface area contributed by atoms with E-state index in [9.17, 15) is 13.2 Å². The number of carbonyl (C=O) groups is 1. The van der Waals surface area contributed by atoms with Gasteiger partial charge >= 0.3 is 5.97 Å². The van der Waals surface area contributed by atoms with Gasteiger partial charge in [0.15, 0.2) is 0 Å². The molecule has 1 aromatic carbocycles. The van der Waals surface area contributed by atoms with E-state index in [2.05, 4.69) is 5.32 Å². The molecular weight excluding hydrogens is 363 g/mol. The molecule has 0 aromatic heterocycles. The summed E-state index contributed by atoms with van der Waals surface area (Å²) in [6.07, 6.45) is 1.63. The third-order valence-electron chi connectivity index (χ3n) is 3.65. The lowest BCUT2D eigenvalue weighted by Crippen LogP contribution is -2.43. The fraction of sp³-hybridized carbons (Fsp3) is 0.500. The van der Waals surface area contributed by atoms with Crippen molar-refractivity contribution in [1.29, 1.82) is 0 Å². The van der Waals surface area contributed by atoms with Crippen LogP contribution in [0.4, 0.5) is 0 Å². The number of sulfonamides is 1. The predicted molar refractivity (Wildman–Crippen MR) is 90.7 cm³/mol. The van der Waals surface area contributed by atoms with E-state index in [0.717, 1.165) is 12.8 Å². The van der Waals surface area contributed by atoms with Crippen LogP contribution in [0.15, 0.2) is 29.2 Å². The van der Waals surface area contributed by atoms with Crippen LogP contribution < -0.4 is 5.32 Å². The van der Waals surface area contributed by atoms with Crippen molar-refractivity contribution in [2.45, 2.75) is 17.7 Å². The lowest BCUT2D eigenvalue weighted by atomic mass is 10.00. The van der Waals surface area contributed by atoms with Gasteiger partial charge in [0.05, 0.1) is 11.6 Å². The van der Waals surface area contributed by atoms with Gasteiger partial charge in [0.2, 0.25) is 10.0 Å². The molecule has 130 valence electrons. The van der Waals surface area contributed by atoms with E-state index in [4.69, 9.17) is 16.7 Å². The quantitative estimate of drug-likeness (QED) is 0.783. The van der Waals surface area contributed by atoms with Crippen molar-refractivity contribution in [1.82, 2.24) is 9.62 Å². The van der Waals surface area contributed by atoms with Crippen LogP contribution in [0.5, 0.6) is 0 Å². The molecule has 0 aliphatic carbocycles. The van der Waals surface area contributed by atoms with E-state index in [-0.39, 0.29) is 34.8 Å². The summed E-state index contributed by atoms with van der Waals surface area (Å²) < 4.78 is 26.8. The second kappa shape index (κ2) is 8.84. The zero-order valence-electron chi connectivity index (χ0n) is 12.4. The number of nitrogens with zero attached hydrogens (tertiary/aromatic N) is 1. The molecule has 0 saturated carbocycles. The molecule has 0 amide bonds. The maximum absolute atomic E-state index is 12.7. The van der Waals surface area contributed by atoms with Crippen molar-refractivity contribution < 1.29 is 18.3 Å². The third-order valence-corrected chi connectivity index (χ3v) is 6.01. The molecule has 2 rings (SSSR count). The van der Waals surface area contributed by atoms with E-state index < -0.39 is 16.0 Å². The Morgan fingerprint density at radius 2 is 2.09 bits per heavy atom.